The molecular weight excluding hydrogens is 216 g/mol. The molecule has 0 aromatic heterocycles. The summed E-state index contributed by atoms with van der Waals surface area (Å²) in [6, 6.07) is 6.85. The molecule has 0 spiro atoms. The molecule has 2 N–H and O–H groups in total. The molecule has 0 aliphatic rings. The summed E-state index contributed by atoms with van der Waals surface area (Å²) >= 11 is 0. The standard InChI is InChI=1S/C13H16N2O2/c1-9(16)11-5-4-10(7-14)6-12(11)15-8-13(2,3)17/h4-6,15,17H,8H2,1-3H3. The number of carbonyl (C=O) groups excluding carboxylic acids is 1. The lowest BCUT2D eigenvalue weighted by atomic mass is 10.1. The molecule has 1 aromatic rings. The molecule has 4 nitrogen and oxygen atoms in total. The first-order valence-corrected chi connectivity index (χ1v) is 5.35. The van der Waals surface area contributed by atoms with E-state index in [0.29, 0.717) is 23.4 Å². The van der Waals surface area contributed by atoms with E-state index in [1.54, 1.807) is 32.0 Å². The summed E-state index contributed by atoms with van der Waals surface area (Å²) in [5.74, 6) is -0.0762. The smallest absolute Gasteiger partial charge is 0.161 e. The van der Waals surface area contributed by atoms with Gasteiger partial charge in [-0.05, 0) is 39.0 Å². The molecule has 0 fully saturated rings. The molecule has 4 heteroatoms. The van der Waals surface area contributed by atoms with Gasteiger partial charge in [-0.15, -0.1) is 0 Å². The van der Waals surface area contributed by atoms with Gasteiger partial charge in [-0.1, -0.05) is 0 Å². The van der Waals surface area contributed by atoms with E-state index in [2.05, 4.69) is 5.32 Å². The molecule has 0 aliphatic carbocycles. The second-order valence-corrected chi connectivity index (χ2v) is 4.59. The van der Waals surface area contributed by atoms with E-state index < -0.39 is 5.60 Å². The summed E-state index contributed by atoms with van der Waals surface area (Å²) in [7, 11) is 0. The number of aliphatic hydroxyl groups is 1. The van der Waals surface area contributed by atoms with Crippen molar-refractivity contribution in [3.8, 4) is 6.07 Å². The van der Waals surface area contributed by atoms with Gasteiger partial charge in [0, 0.05) is 17.8 Å². The second kappa shape index (κ2) is 4.98. The molecule has 0 aliphatic heterocycles. The lowest BCUT2D eigenvalue weighted by Crippen LogP contribution is -2.29. The van der Waals surface area contributed by atoms with Crippen LogP contribution in [-0.4, -0.2) is 23.0 Å². The fraction of sp³-hybridized carbons (Fsp3) is 0.385. The van der Waals surface area contributed by atoms with E-state index in [0.717, 1.165) is 0 Å². The molecule has 1 rings (SSSR count). The van der Waals surface area contributed by atoms with Gasteiger partial charge in [-0.3, -0.25) is 4.79 Å². The Kier molecular flexibility index (Phi) is 3.87. The van der Waals surface area contributed by atoms with Gasteiger partial charge in [-0.25, -0.2) is 0 Å². The molecule has 17 heavy (non-hydrogen) atoms. The maximum atomic E-state index is 11.4. The fourth-order valence-corrected chi connectivity index (χ4v) is 1.38. The fourth-order valence-electron chi connectivity index (χ4n) is 1.38. The highest BCUT2D eigenvalue weighted by molar-refractivity contribution is 5.99. The normalized spacial score (nSPS) is 10.8. The van der Waals surface area contributed by atoms with Crippen LogP contribution in [0.4, 0.5) is 5.69 Å². The monoisotopic (exact) mass is 232 g/mol. The minimum atomic E-state index is -0.878. The first-order chi connectivity index (χ1) is 7.83. The number of hydrogen-bond donors (Lipinski definition) is 2. The van der Waals surface area contributed by atoms with Crippen LogP contribution in [0.3, 0.4) is 0 Å². The lowest BCUT2D eigenvalue weighted by Gasteiger charge is -2.19. The first kappa shape index (κ1) is 13.2. The molecule has 0 amide bonds. The topological polar surface area (TPSA) is 73.1 Å². The lowest BCUT2D eigenvalue weighted by molar-refractivity contribution is 0.0940. The van der Waals surface area contributed by atoms with E-state index in [1.807, 2.05) is 6.07 Å². The summed E-state index contributed by atoms with van der Waals surface area (Å²) in [4.78, 5) is 11.4. The van der Waals surface area contributed by atoms with Gasteiger partial charge in [0.1, 0.15) is 0 Å². The Morgan fingerprint density at radius 1 is 1.53 bits per heavy atom. The summed E-state index contributed by atoms with van der Waals surface area (Å²) in [6.45, 7) is 5.11. The number of nitriles is 1. The van der Waals surface area contributed by atoms with E-state index in [1.165, 1.54) is 6.92 Å². The Bertz CT molecular complexity index is 467. The first-order valence-electron chi connectivity index (χ1n) is 5.35. The van der Waals surface area contributed by atoms with Crippen molar-refractivity contribution in [3.63, 3.8) is 0 Å². The Hall–Kier alpha value is -1.86. The Morgan fingerprint density at radius 2 is 2.18 bits per heavy atom. The van der Waals surface area contributed by atoms with Crippen LogP contribution in [0.15, 0.2) is 18.2 Å². The van der Waals surface area contributed by atoms with Crippen molar-refractivity contribution in [2.75, 3.05) is 11.9 Å². The third-order valence-electron chi connectivity index (χ3n) is 2.24. The van der Waals surface area contributed by atoms with Crippen molar-refractivity contribution in [1.82, 2.24) is 0 Å². The highest BCUT2D eigenvalue weighted by atomic mass is 16.3. The molecule has 0 bridgehead atoms. The van der Waals surface area contributed by atoms with E-state index in [-0.39, 0.29) is 5.78 Å². The molecule has 0 atom stereocenters. The number of hydrogen-bond acceptors (Lipinski definition) is 4. The number of ketones is 1. The van der Waals surface area contributed by atoms with Crippen molar-refractivity contribution in [1.29, 1.82) is 5.26 Å². The van der Waals surface area contributed by atoms with Gasteiger partial charge in [0.15, 0.2) is 5.78 Å². The van der Waals surface area contributed by atoms with Gasteiger partial charge < -0.3 is 10.4 Å². The van der Waals surface area contributed by atoms with Crippen molar-refractivity contribution in [2.45, 2.75) is 26.4 Å². The van der Waals surface area contributed by atoms with Crippen LogP contribution in [-0.2, 0) is 0 Å². The maximum Gasteiger partial charge on any atom is 0.161 e. The third kappa shape index (κ3) is 3.89. The van der Waals surface area contributed by atoms with E-state index in [9.17, 15) is 9.90 Å². The van der Waals surface area contributed by atoms with Crippen LogP contribution in [0.5, 0.6) is 0 Å². The number of carbonyl (C=O) groups is 1. The van der Waals surface area contributed by atoms with Crippen molar-refractivity contribution in [2.24, 2.45) is 0 Å². The molecule has 0 saturated carbocycles. The average Bonchev–Trinajstić information content (AvgIpc) is 2.24. The van der Waals surface area contributed by atoms with E-state index >= 15 is 0 Å². The molecule has 0 radical (unpaired) electrons. The molecule has 0 heterocycles. The second-order valence-electron chi connectivity index (χ2n) is 4.59. The predicted molar refractivity (Wildman–Crippen MR) is 65.9 cm³/mol. The Balaban J connectivity index is 3.02. The van der Waals surface area contributed by atoms with Crippen LogP contribution in [0.1, 0.15) is 36.7 Å². The van der Waals surface area contributed by atoms with Crippen LogP contribution in [0, 0.1) is 11.3 Å². The SMILES string of the molecule is CC(=O)c1ccc(C#N)cc1NCC(C)(C)O. The van der Waals surface area contributed by atoms with Crippen LogP contribution in [0.2, 0.25) is 0 Å². The quantitative estimate of drug-likeness (QED) is 0.778. The van der Waals surface area contributed by atoms with E-state index in [4.69, 9.17) is 5.26 Å². The van der Waals surface area contributed by atoms with Crippen LogP contribution < -0.4 is 5.32 Å². The molecule has 0 saturated heterocycles. The maximum absolute atomic E-state index is 11.4. The number of nitrogens with one attached hydrogen (secondary N) is 1. The molecule has 1 aromatic carbocycles. The third-order valence-corrected chi connectivity index (χ3v) is 2.24. The summed E-state index contributed by atoms with van der Waals surface area (Å²) in [5, 5.41) is 21.4. The van der Waals surface area contributed by atoms with Crippen LogP contribution >= 0.6 is 0 Å². The van der Waals surface area contributed by atoms with Gasteiger partial charge >= 0.3 is 0 Å². The number of rotatable bonds is 4. The number of anilines is 1. The summed E-state index contributed by atoms with van der Waals surface area (Å²) < 4.78 is 0. The highest BCUT2D eigenvalue weighted by Crippen LogP contribution is 2.19. The molecular formula is C13H16N2O2. The van der Waals surface area contributed by atoms with Crippen molar-refractivity contribution < 1.29 is 9.90 Å². The Morgan fingerprint density at radius 3 is 2.65 bits per heavy atom. The van der Waals surface area contributed by atoms with Gasteiger partial charge in [0.05, 0.1) is 17.2 Å². The average molecular weight is 232 g/mol. The van der Waals surface area contributed by atoms with Crippen molar-refractivity contribution in [3.05, 3.63) is 29.3 Å². The zero-order valence-corrected chi connectivity index (χ0v) is 10.2. The summed E-state index contributed by atoms with van der Waals surface area (Å²) in [5.41, 5.74) is 0.705. The highest BCUT2D eigenvalue weighted by Gasteiger charge is 2.14. The number of Topliss-reactive ketones (excluding diaryl/α,β-unsaturated/α-hetero) is 1. The zero-order chi connectivity index (χ0) is 13.1. The molecule has 90 valence electrons. The largest absolute Gasteiger partial charge is 0.389 e. The minimum absolute atomic E-state index is 0.0762. The summed E-state index contributed by atoms with van der Waals surface area (Å²) in [6.07, 6.45) is 0. The molecule has 0 unspecified atom stereocenters. The van der Waals surface area contributed by atoms with Crippen LogP contribution in [0.25, 0.3) is 0 Å². The number of benzene rings is 1. The predicted octanol–water partition coefficient (Wildman–Crippen LogP) is 1.94. The number of nitrogens with zero attached hydrogens (tertiary/aromatic N) is 1. The Labute approximate surface area is 101 Å². The van der Waals surface area contributed by atoms with Gasteiger partial charge in [-0.2, -0.15) is 5.26 Å². The van der Waals surface area contributed by atoms with Gasteiger partial charge in [0.25, 0.3) is 0 Å². The zero-order valence-electron chi connectivity index (χ0n) is 10.2. The van der Waals surface area contributed by atoms with Gasteiger partial charge in [0.2, 0.25) is 0 Å². The van der Waals surface area contributed by atoms with Crippen molar-refractivity contribution >= 4 is 11.5 Å². The minimum Gasteiger partial charge on any atom is -0.389 e.